The second kappa shape index (κ2) is 7.48. The first-order chi connectivity index (χ1) is 13.1. The first-order valence-electron chi connectivity index (χ1n) is 8.87. The summed E-state index contributed by atoms with van der Waals surface area (Å²) in [5.74, 6) is 1.13. The normalized spacial score (nSPS) is 15.1. The summed E-state index contributed by atoms with van der Waals surface area (Å²) in [5, 5.41) is 6.14. The molecule has 27 heavy (non-hydrogen) atoms. The second-order valence-electron chi connectivity index (χ2n) is 6.67. The van der Waals surface area contributed by atoms with Crippen molar-refractivity contribution in [3.8, 4) is 11.5 Å². The van der Waals surface area contributed by atoms with Gasteiger partial charge in [-0.1, -0.05) is 11.6 Å². The fourth-order valence-electron chi connectivity index (χ4n) is 2.88. The van der Waals surface area contributed by atoms with Gasteiger partial charge in [0.1, 0.15) is 13.2 Å². The highest BCUT2D eigenvalue weighted by molar-refractivity contribution is 6.32. The van der Waals surface area contributed by atoms with Crippen molar-refractivity contribution < 1.29 is 19.1 Å². The summed E-state index contributed by atoms with van der Waals surface area (Å²) >= 11 is 6.21. The van der Waals surface area contributed by atoms with E-state index in [9.17, 15) is 9.59 Å². The van der Waals surface area contributed by atoms with Gasteiger partial charge in [-0.05, 0) is 54.8 Å². The van der Waals surface area contributed by atoms with Crippen molar-refractivity contribution in [3.05, 3.63) is 47.0 Å². The Morgan fingerprint density at radius 1 is 1.00 bits per heavy atom. The van der Waals surface area contributed by atoms with Crippen LogP contribution in [0.15, 0.2) is 36.4 Å². The third-order valence-corrected chi connectivity index (χ3v) is 4.69. The quantitative estimate of drug-likeness (QED) is 0.822. The summed E-state index contributed by atoms with van der Waals surface area (Å²) in [7, 11) is 0. The van der Waals surface area contributed by atoms with E-state index in [0.717, 1.165) is 24.1 Å². The Balaban J connectivity index is 1.36. The molecule has 0 atom stereocenters. The minimum atomic E-state index is -0.169. The van der Waals surface area contributed by atoms with Crippen LogP contribution in [0.3, 0.4) is 0 Å². The number of hydrogen-bond acceptors (Lipinski definition) is 4. The predicted octanol–water partition coefficient (Wildman–Crippen LogP) is 3.64. The van der Waals surface area contributed by atoms with Crippen molar-refractivity contribution in [1.29, 1.82) is 0 Å². The molecule has 140 valence electrons. The number of ether oxygens (including phenoxy) is 2. The van der Waals surface area contributed by atoms with E-state index < -0.39 is 0 Å². The van der Waals surface area contributed by atoms with Gasteiger partial charge in [0.2, 0.25) is 11.8 Å². The van der Waals surface area contributed by atoms with Crippen LogP contribution >= 0.6 is 11.6 Å². The summed E-state index contributed by atoms with van der Waals surface area (Å²) in [5.41, 5.74) is 2.13. The average molecular weight is 387 g/mol. The maximum atomic E-state index is 12.3. The minimum absolute atomic E-state index is 0.0577. The van der Waals surface area contributed by atoms with Gasteiger partial charge >= 0.3 is 0 Å². The van der Waals surface area contributed by atoms with Crippen LogP contribution in [0.5, 0.6) is 11.5 Å². The zero-order valence-corrected chi connectivity index (χ0v) is 15.3. The van der Waals surface area contributed by atoms with Crippen molar-refractivity contribution in [2.24, 2.45) is 5.92 Å². The summed E-state index contributed by atoms with van der Waals surface area (Å²) in [4.78, 5) is 24.1. The Labute approximate surface area is 161 Å². The van der Waals surface area contributed by atoms with E-state index >= 15 is 0 Å². The molecule has 0 bridgehead atoms. The molecule has 2 aromatic carbocycles. The Morgan fingerprint density at radius 3 is 2.37 bits per heavy atom. The van der Waals surface area contributed by atoms with Crippen LogP contribution < -0.4 is 20.1 Å². The topological polar surface area (TPSA) is 76.7 Å². The number of nitrogens with one attached hydrogen (secondary N) is 2. The molecule has 1 fully saturated rings. The summed E-state index contributed by atoms with van der Waals surface area (Å²) in [6.45, 7) is 0.923. The maximum absolute atomic E-state index is 12.3. The van der Waals surface area contributed by atoms with Crippen molar-refractivity contribution >= 4 is 34.8 Å². The highest BCUT2D eigenvalue weighted by Gasteiger charge is 2.29. The van der Waals surface area contributed by atoms with Gasteiger partial charge in [0.15, 0.2) is 11.5 Å². The predicted molar refractivity (Wildman–Crippen MR) is 103 cm³/mol. The fourth-order valence-corrected chi connectivity index (χ4v) is 3.17. The number of hydrogen-bond donors (Lipinski definition) is 2. The molecule has 6 nitrogen and oxygen atoms in total. The molecule has 2 amide bonds. The van der Waals surface area contributed by atoms with Gasteiger partial charge in [-0.15, -0.1) is 0 Å². The van der Waals surface area contributed by atoms with E-state index in [2.05, 4.69) is 10.6 Å². The third kappa shape index (κ3) is 4.34. The Morgan fingerprint density at radius 2 is 1.67 bits per heavy atom. The summed E-state index contributed by atoms with van der Waals surface area (Å²) in [6, 6.07) is 10.6. The molecule has 7 heteroatoms. The molecule has 0 unspecified atom stereocenters. The van der Waals surface area contributed by atoms with Crippen molar-refractivity contribution in [2.75, 3.05) is 23.8 Å². The SMILES string of the molecule is O=C(Cc1cc(Cl)c2c(c1)OCCO2)Nc1ccc(NC(=O)C2CC2)cc1. The van der Waals surface area contributed by atoms with Crippen LogP contribution in [0.2, 0.25) is 5.02 Å². The Bertz CT molecular complexity index is 878. The van der Waals surface area contributed by atoms with Gasteiger partial charge in [-0.3, -0.25) is 9.59 Å². The van der Waals surface area contributed by atoms with Crippen LogP contribution in [0.1, 0.15) is 18.4 Å². The van der Waals surface area contributed by atoms with Crippen LogP contribution in [0, 0.1) is 5.92 Å². The Hall–Kier alpha value is -2.73. The lowest BCUT2D eigenvalue weighted by atomic mass is 10.1. The number of rotatable bonds is 5. The number of fused-ring (bicyclic) bond motifs is 1. The molecule has 4 rings (SSSR count). The molecule has 0 saturated heterocycles. The van der Waals surface area contributed by atoms with Crippen LogP contribution in [0.25, 0.3) is 0 Å². The van der Waals surface area contributed by atoms with Gasteiger partial charge in [-0.2, -0.15) is 0 Å². The van der Waals surface area contributed by atoms with E-state index in [1.807, 2.05) is 0 Å². The number of amides is 2. The number of halogens is 1. The lowest BCUT2D eigenvalue weighted by molar-refractivity contribution is -0.117. The lowest BCUT2D eigenvalue weighted by Crippen LogP contribution is -2.17. The summed E-state index contributed by atoms with van der Waals surface area (Å²) < 4.78 is 11.0. The van der Waals surface area contributed by atoms with Crippen molar-refractivity contribution in [2.45, 2.75) is 19.3 Å². The van der Waals surface area contributed by atoms with Gasteiger partial charge in [-0.25, -0.2) is 0 Å². The molecular formula is C20H19ClN2O4. The molecule has 1 saturated carbocycles. The van der Waals surface area contributed by atoms with Crippen LogP contribution in [-0.2, 0) is 16.0 Å². The van der Waals surface area contributed by atoms with Gasteiger partial charge in [0, 0.05) is 17.3 Å². The van der Waals surface area contributed by atoms with E-state index in [1.165, 1.54) is 0 Å². The molecule has 2 aliphatic rings. The number of carbonyl (C=O) groups excluding carboxylic acids is 2. The van der Waals surface area contributed by atoms with Gasteiger partial charge < -0.3 is 20.1 Å². The molecule has 2 aromatic rings. The highest BCUT2D eigenvalue weighted by Crippen LogP contribution is 2.38. The molecule has 1 aliphatic heterocycles. The van der Waals surface area contributed by atoms with Gasteiger partial charge in [0.25, 0.3) is 0 Å². The first kappa shape index (κ1) is 17.7. The molecule has 1 aliphatic carbocycles. The van der Waals surface area contributed by atoms with E-state index in [-0.39, 0.29) is 24.2 Å². The minimum Gasteiger partial charge on any atom is -0.486 e. The monoisotopic (exact) mass is 386 g/mol. The maximum Gasteiger partial charge on any atom is 0.228 e. The number of benzene rings is 2. The molecular weight excluding hydrogens is 368 g/mol. The van der Waals surface area contributed by atoms with Crippen LogP contribution in [0.4, 0.5) is 11.4 Å². The molecule has 1 heterocycles. The van der Waals surface area contributed by atoms with Gasteiger partial charge in [0.05, 0.1) is 11.4 Å². The summed E-state index contributed by atoms with van der Waals surface area (Å²) in [6.07, 6.45) is 2.09. The number of carbonyl (C=O) groups is 2. The molecule has 0 aromatic heterocycles. The zero-order chi connectivity index (χ0) is 18.8. The highest BCUT2D eigenvalue weighted by atomic mass is 35.5. The fraction of sp³-hybridized carbons (Fsp3) is 0.300. The standard InChI is InChI=1S/C20H19ClN2O4/c21-16-9-12(10-17-19(16)27-8-7-26-17)11-18(24)22-14-3-5-15(6-4-14)23-20(25)13-1-2-13/h3-6,9-10,13H,1-2,7-8,11H2,(H,22,24)(H,23,25). The first-order valence-corrected chi connectivity index (χ1v) is 9.25. The molecule has 0 spiro atoms. The zero-order valence-electron chi connectivity index (χ0n) is 14.6. The third-order valence-electron chi connectivity index (χ3n) is 4.41. The number of anilines is 2. The van der Waals surface area contributed by atoms with E-state index in [0.29, 0.717) is 35.4 Å². The Kier molecular flexibility index (Phi) is 4.90. The average Bonchev–Trinajstić information content (AvgIpc) is 3.48. The largest absolute Gasteiger partial charge is 0.486 e. The smallest absolute Gasteiger partial charge is 0.228 e. The lowest BCUT2D eigenvalue weighted by Gasteiger charge is -2.20. The second-order valence-corrected chi connectivity index (χ2v) is 7.07. The molecule has 0 radical (unpaired) electrons. The molecule has 2 N–H and O–H groups in total. The van der Waals surface area contributed by atoms with E-state index in [1.54, 1.807) is 36.4 Å². The van der Waals surface area contributed by atoms with Crippen LogP contribution in [-0.4, -0.2) is 25.0 Å². The van der Waals surface area contributed by atoms with Crippen molar-refractivity contribution in [3.63, 3.8) is 0 Å². The van der Waals surface area contributed by atoms with Crippen molar-refractivity contribution in [1.82, 2.24) is 0 Å². The van der Waals surface area contributed by atoms with E-state index in [4.69, 9.17) is 21.1 Å².